The van der Waals surface area contributed by atoms with Crippen LogP contribution in [0.3, 0.4) is 0 Å². The highest BCUT2D eigenvalue weighted by molar-refractivity contribution is 4.90. The largest absolute Gasteiger partial charge is 0.389 e. The summed E-state index contributed by atoms with van der Waals surface area (Å²) in [6.07, 6.45) is 5.83. The Morgan fingerprint density at radius 1 is 1.45 bits per heavy atom. The van der Waals surface area contributed by atoms with E-state index in [1.165, 1.54) is 6.42 Å². The topological polar surface area (TPSA) is 20.2 Å². The lowest BCUT2D eigenvalue weighted by atomic mass is 9.86. The smallest absolute Gasteiger partial charge is 0.0692 e. The van der Waals surface area contributed by atoms with Gasteiger partial charge in [-0.05, 0) is 18.8 Å². The number of allylic oxidation sites excluding steroid dienone is 1. The van der Waals surface area contributed by atoms with Gasteiger partial charge in [0.15, 0.2) is 0 Å². The molecular formula is C10H20O. The highest BCUT2D eigenvalue weighted by Gasteiger charge is 2.11. The number of aliphatic hydroxyl groups is 1. The molecule has 0 bridgehead atoms. The molecule has 0 amide bonds. The summed E-state index contributed by atoms with van der Waals surface area (Å²) in [5, 5.41) is 8.94. The molecule has 0 aromatic rings. The molecule has 0 unspecified atom stereocenters. The lowest BCUT2D eigenvalue weighted by Gasteiger charge is -2.19. The molecule has 0 aromatic carbocycles. The fourth-order valence-electron chi connectivity index (χ4n) is 0.728. The minimum atomic E-state index is -0.303. The first-order valence-electron chi connectivity index (χ1n) is 4.32. The van der Waals surface area contributed by atoms with Gasteiger partial charge >= 0.3 is 0 Å². The Kier molecular flexibility index (Phi) is 4.43. The van der Waals surface area contributed by atoms with Crippen LogP contribution in [0.2, 0.25) is 0 Å². The number of rotatable bonds is 4. The number of hydrogen-bond donors (Lipinski definition) is 1. The average molecular weight is 156 g/mol. The zero-order valence-corrected chi connectivity index (χ0v) is 8.09. The zero-order chi connectivity index (χ0) is 8.91. The summed E-state index contributed by atoms with van der Waals surface area (Å²) < 4.78 is 0. The Hall–Kier alpha value is -0.300. The number of aliphatic hydroxyl groups excluding tert-OH is 1. The van der Waals surface area contributed by atoms with Gasteiger partial charge in [0.05, 0.1) is 6.10 Å². The first-order chi connectivity index (χ1) is 4.98. The van der Waals surface area contributed by atoms with E-state index in [9.17, 15) is 0 Å². The van der Waals surface area contributed by atoms with Gasteiger partial charge in [0.25, 0.3) is 0 Å². The highest BCUT2D eigenvalue weighted by atomic mass is 16.3. The van der Waals surface area contributed by atoms with Crippen LogP contribution >= 0.6 is 0 Å². The van der Waals surface area contributed by atoms with Gasteiger partial charge in [-0.25, -0.2) is 0 Å². The molecule has 0 aliphatic heterocycles. The third-order valence-electron chi connectivity index (χ3n) is 2.04. The molecular weight excluding hydrogens is 136 g/mol. The summed E-state index contributed by atoms with van der Waals surface area (Å²) in [6, 6.07) is 0. The van der Waals surface area contributed by atoms with Gasteiger partial charge in [-0.3, -0.25) is 0 Å². The van der Waals surface area contributed by atoms with Crippen molar-refractivity contribution >= 4 is 0 Å². The van der Waals surface area contributed by atoms with Crippen molar-refractivity contribution in [3.63, 3.8) is 0 Å². The van der Waals surface area contributed by atoms with E-state index in [0.29, 0.717) is 5.41 Å². The maximum Gasteiger partial charge on any atom is 0.0692 e. The number of hydrogen-bond acceptors (Lipinski definition) is 1. The van der Waals surface area contributed by atoms with E-state index >= 15 is 0 Å². The van der Waals surface area contributed by atoms with Crippen molar-refractivity contribution in [3.05, 3.63) is 12.2 Å². The molecule has 0 radical (unpaired) electrons. The van der Waals surface area contributed by atoms with Gasteiger partial charge in [0, 0.05) is 0 Å². The molecule has 1 atom stereocenters. The summed E-state index contributed by atoms with van der Waals surface area (Å²) in [7, 11) is 0. The van der Waals surface area contributed by atoms with Crippen molar-refractivity contribution in [1.82, 2.24) is 0 Å². The summed E-state index contributed by atoms with van der Waals surface area (Å²) in [6.45, 7) is 8.43. The molecule has 1 N–H and O–H groups in total. The van der Waals surface area contributed by atoms with Crippen LogP contribution in [0.1, 0.15) is 40.5 Å². The Bertz CT molecular complexity index is 123. The van der Waals surface area contributed by atoms with Crippen molar-refractivity contribution in [3.8, 4) is 0 Å². The van der Waals surface area contributed by atoms with Crippen LogP contribution in [0.5, 0.6) is 0 Å². The molecule has 1 nitrogen and oxygen atoms in total. The molecule has 0 saturated heterocycles. The van der Waals surface area contributed by atoms with Gasteiger partial charge < -0.3 is 5.11 Å². The fraction of sp³-hybridized carbons (Fsp3) is 0.800. The van der Waals surface area contributed by atoms with Gasteiger partial charge in [-0.15, -0.1) is 0 Å². The fourth-order valence-corrected chi connectivity index (χ4v) is 0.728. The van der Waals surface area contributed by atoms with Crippen LogP contribution in [0.15, 0.2) is 12.2 Å². The van der Waals surface area contributed by atoms with E-state index in [4.69, 9.17) is 5.11 Å². The summed E-state index contributed by atoms with van der Waals surface area (Å²) in [5.74, 6) is 0. The van der Waals surface area contributed by atoms with Crippen LogP contribution < -0.4 is 0 Å². The van der Waals surface area contributed by atoms with Crippen LogP contribution in [0, 0.1) is 5.41 Å². The molecule has 0 aromatic heterocycles. The van der Waals surface area contributed by atoms with Crippen molar-refractivity contribution in [2.24, 2.45) is 5.41 Å². The third kappa shape index (κ3) is 6.11. The molecule has 0 heterocycles. The summed E-state index contributed by atoms with van der Waals surface area (Å²) in [4.78, 5) is 0. The van der Waals surface area contributed by atoms with E-state index in [0.717, 1.165) is 6.42 Å². The molecule has 0 fully saturated rings. The second kappa shape index (κ2) is 4.55. The van der Waals surface area contributed by atoms with Gasteiger partial charge in [-0.1, -0.05) is 39.3 Å². The van der Waals surface area contributed by atoms with Crippen molar-refractivity contribution in [2.75, 3.05) is 0 Å². The Morgan fingerprint density at radius 2 is 2.00 bits per heavy atom. The van der Waals surface area contributed by atoms with Crippen LogP contribution in [0.4, 0.5) is 0 Å². The predicted molar refractivity (Wildman–Crippen MR) is 49.5 cm³/mol. The van der Waals surface area contributed by atoms with Gasteiger partial charge in [-0.2, -0.15) is 0 Å². The molecule has 0 aliphatic rings. The predicted octanol–water partition coefficient (Wildman–Crippen LogP) is 2.75. The minimum absolute atomic E-state index is 0.303. The monoisotopic (exact) mass is 156 g/mol. The first-order valence-corrected chi connectivity index (χ1v) is 4.32. The van der Waals surface area contributed by atoms with Gasteiger partial charge in [0.2, 0.25) is 0 Å². The minimum Gasteiger partial charge on any atom is -0.389 e. The maximum atomic E-state index is 8.94. The van der Waals surface area contributed by atoms with Crippen LogP contribution in [0.25, 0.3) is 0 Å². The quantitative estimate of drug-likeness (QED) is 0.620. The molecule has 1 heteroatoms. The Balaban J connectivity index is 3.69. The molecule has 0 spiro atoms. The van der Waals surface area contributed by atoms with Gasteiger partial charge in [0.1, 0.15) is 0 Å². The van der Waals surface area contributed by atoms with E-state index in [-0.39, 0.29) is 6.10 Å². The standard InChI is InChI=1S/C10H20O/c1-5-10(3,4)8-6-7-9(2)11/h6-7,9,11H,5,8H2,1-4H3/b7-6+/t9-/m0/s1. The Labute approximate surface area is 70.1 Å². The normalized spacial score (nSPS) is 15.7. The van der Waals surface area contributed by atoms with E-state index in [2.05, 4.69) is 26.8 Å². The van der Waals surface area contributed by atoms with Crippen LogP contribution in [-0.2, 0) is 0 Å². The van der Waals surface area contributed by atoms with E-state index in [1.54, 1.807) is 6.92 Å². The molecule has 66 valence electrons. The first kappa shape index (κ1) is 10.7. The van der Waals surface area contributed by atoms with Crippen LogP contribution in [-0.4, -0.2) is 11.2 Å². The maximum absolute atomic E-state index is 8.94. The highest BCUT2D eigenvalue weighted by Crippen LogP contribution is 2.24. The average Bonchev–Trinajstić information content (AvgIpc) is 1.87. The third-order valence-corrected chi connectivity index (χ3v) is 2.04. The molecule has 0 aliphatic carbocycles. The van der Waals surface area contributed by atoms with Crippen molar-refractivity contribution < 1.29 is 5.11 Å². The summed E-state index contributed by atoms with van der Waals surface area (Å²) in [5.41, 5.74) is 0.380. The molecule has 0 rings (SSSR count). The molecule has 11 heavy (non-hydrogen) atoms. The summed E-state index contributed by atoms with van der Waals surface area (Å²) >= 11 is 0. The molecule has 0 saturated carbocycles. The SMILES string of the molecule is CCC(C)(C)C/C=C/[C@H](C)O. The van der Waals surface area contributed by atoms with Crippen molar-refractivity contribution in [1.29, 1.82) is 0 Å². The second-order valence-electron chi connectivity index (χ2n) is 3.89. The second-order valence-corrected chi connectivity index (χ2v) is 3.89. The van der Waals surface area contributed by atoms with Crippen molar-refractivity contribution in [2.45, 2.75) is 46.6 Å². The van der Waals surface area contributed by atoms with E-state index in [1.807, 2.05) is 6.08 Å². The van der Waals surface area contributed by atoms with E-state index < -0.39 is 0 Å². The zero-order valence-electron chi connectivity index (χ0n) is 8.09. The lowest BCUT2D eigenvalue weighted by Crippen LogP contribution is -2.07. The Morgan fingerprint density at radius 3 is 2.36 bits per heavy atom. The lowest BCUT2D eigenvalue weighted by molar-refractivity contribution is 0.243.